The van der Waals surface area contributed by atoms with Crippen LogP contribution >= 0.6 is 0 Å². The van der Waals surface area contributed by atoms with Crippen molar-refractivity contribution in [3.63, 3.8) is 0 Å². The van der Waals surface area contributed by atoms with Crippen molar-refractivity contribution in [3.05, 3.63) is 81.9 Å². The lowest BCUT2D eigenvalue weighted by atomic mass is 9.62. The number of non-ortho nitro benzene ring substituents is 1. The third-order valence-electron chi connectivity index (χ3n) is 6.25. The van der Waals surface area contributed by atoms with E-state index in [0.29, 0.717) is 17.9 Å². The summed E-state index contributed by atoms with van der Waals surface area (Å²) in [4.78, 5) is 24.1. The molecule has 5 heteroatoms. The summed E-state index contributed by atoms with van der Waals surface area (Å²) < 4.78 is 6.04. The van der Waals surface area contributed by atoms with Crippen molar-refractivity contribution >= 4 is 11.5 Å². The maximum absolute atomic E-state index is 13.6. The van der Waals surface area contributed by atoms with Crippen molar-refractivity contribution in [2.45, 2.75) is 12.3 Å². The van der Waals surface area contributed by atoms with Gasteiger partial charge in [-0.2, -0.15) is 0 Å². The van der Waals surface area contributed by atoms with E-state index in [1.54, 1.807) is 12.1 Å². The van der Waals surface area contributed by atoms with Gasteiger partial charge in [0, 0.05) is 18.1 Å². The van der Waals surface area contributed by atoms with Crippen LogP contribution in [0.25, 0.3) is 0 Å². The minimum atomic E-state index is -0.621. The second-order valence-electron chi connectivity index (χ2n) is 7.37. The van der Waals surface area contributed by atoms with Crippen LogP contribution in [0.2, 0.25) is 0 Å². The first-order valence-electron chi connectivity index (χ1n) is 8.80. The number of carbonyl (C=O) groups is 1. The van der Waals surface area contributed by atoms with Crippen molar-refractivity contribution in [2.24, 2.45) is 17.3 Å². The average molecular weight is 347 g/mol. The van der Waals surface area contributed by atoms with Gasteiger partial charge in [0.2, 0.25) is 0 Å². The number of para-hydroxylation sites is 1. The van der Waals surface area contributed by atoms with Crippen LogP contribution in [0, 0.1) is 27.4 Å². The molecule has 0 aromatic heterocycles. The lowest BCUT2D eigenvalue weighted by Crippen LogP contribution is -2.48. The fourth-order valence-electron chi connectivity index (χ4n) is 5.12. The first-order valence-corrected chi connectivity index (χ1v) is 8.80. The molecule has 1 saturated carbocycles. The van der Waals surface area contributed by atoms with Crippen LogP contribution in [0.3, 0.4) is 0 Å². The minimum Gasteiger partial charge on any atom is -0.492 e. The lowest BCUT2D eigenvalue weighted by Gasteiger charge is -2.43. The Bertz CT molecular complexity index is 949. The Balaban J connectivity index is 1.62. The number of nitro groups is 1. The highest BCUT2D eigenvalue weighted by molar-refractivity contribution is 6.05. The summed E-state index contributed by atoms with van der Waals surface area (Å²) in [6.07, 6.45) is 5.27. The van der Waals surface area contributed by atoms with E-state index in [-0.39, 0.29) is 29.2 Å². The molecule has 26 heavy (non-hydrogen) atoms. The van der Waals surface area contributed by atoms with Gasteiger partial charge in [-0.1, -0.05) is 36.4 Å². The van der Waals surface area contributed by atoms with E-state index in [2.05, 4.69) is 12.2 Å². The summed E-state index contributed by atoms with van der Waals surface area (Å²) in [7, 11) is 0. The second kappa shape index (κ2) is 5.27. The number of fused-ring (bicyclic) bond motifs is 4. The van der Waals surface area contributed by atoms with Gasteiger partial charge in [-0.15, -0.1) is 0 Å². The van der Waals surface area contributed by atoms with E-state index < -0.39 is 10.3 Å². The Hall–Kier alpha value is -2.95. The zero-order valence-corrected chi connectivity index (χ0v) is 14.0. The number of allylic oxidation sites excluding steroid dienone is 2. The number of hydrogen-bond donors (Lipinski definition) is 0. The van der Waals surface area contributed by atoms with Gasteiger partial charge in [0.05, 0.1) is 15.9 Å². The highest BCUT2D eigenvalue weighted by atomic mass is 16.6. The monoisotopic (exact) mass is 347 g/mol. The van der Waals surface area contributed by atoms with Crippen LogP contribution in [0.15, 0.2) is 60.7 Å². The van der Waals surface area contributed by atoms with Crippen LogP contribution < -0.4 is 4.74 Å². The molecule has 2 aromatic carbocycles. The Morgan fingerprint density at radius 3 is 2.62 bits per heavy atom. The summed E-state index contributed by atoms with van der Waals surface area (Å²) in [5.74, 6) is 1.18. The SMILES string of the molecule is O=C1c2ccccc2OC[C@@]12[C@H]1C=C[C@@H](C1)[C@@H]2c1ccc([N+](=O)[O-])cc1. The molecular formula is C21H17NO4. The van der Waals surface area contributed by atoms with E-state index in [4.69, 9.17) is 4.74 Å². The number of rotatable bonds is 2. The Morgan fingerprint density at radius 1 is 1.08 bits per heavy atom. The molecular weight excluding hydrogens is 330 g/mol. The molecule has 0 unspecified atom stereocenters. The standard InChI is InChI=1S/C21H17NO4/c23-20-17-3-1-2-4-18(17)26-12-21(20)15-8-5-14(11-15)19(21)13-6-9-16(10-7-13)22(24)25/h1-10,14-15,19H,11-12H2/t14-,15-,19-,21-/m0/s1. The number of nitro benzene ring substituents is 1. The summed E-state index contributed by atoms with van der Waals surface area (Å²) in [5.41, 5.74) is 1.07. The normalized spacial score (nSPS) is 31.1. The third-order valence-corrected chi connectivity index (χ3v) is 6.25. The minimum absolute atomic E-state index is 0.0147. The predicted octanol–water partition coefficient (Wildman–Crippen LogP) is 4.15. The zero-order chi connectivity index (χ0) is 17.9. The van der Waals surface area contributed by atoms with Crippen molar-refractivity contribution in [2.75, 3.05) is 6.61 Å². The van der Waals surface area contributed by atoms with Gasteiger partial charge < -0.3 is 4.74 Å². The molecule has 0 radical (unpaired) electrons. The maximum Gasteiger partial charge on any atom is 0.269 e. The fourth-order valence-corrected chi connectivity index (χ4v) is 5.12. The molecule has 1 spiro atoms. The number of ether oxygens (including phenoxy) is 1. The molecule has 2 aromatic rings. The van der Waals surface area contributed by atoms with Gasteiger partial charge in [-0.25, -0.2) is 0 Å². The number of Topliss-reactive ketones (excluding diaryl/α,β-unsaturated/α-hetero) is 1. The molecule has 1 aliphatic heterocycles. The van der Waals surface area contributed by atoms with E-state index >= 15 is 0 Å². The summed E-state index contributed by atoms with van der Waals surface area (Å²) in [5, 5.41) is 11.0. The van der Waals surface area contributed by atoms with E-state index in [1.807, 2.05) is 24.3 Å². The van der Waals surface area contributed by atoms with Crippen molar-refractivity contribution in [1.82, 2.24) is 0 Å². The van der Waals surface area contributed by atoms with E-state index in [9.17, 15) is 14.9 Å². The van der Waals surface area contributed by atoms with Crippen molar-refractivity contribution < 1.29 is 14.5 Å². The Kier molecular flexibility index (Phi) is 3.11. The molecule has 0 N–H and O–H groups in total. The first-order chi connectivity index (χ1) is 12.6. The van der Waals surface area contributed by atoms with Gasteiger partial charge in [0.1, 0.15) is 12.4 Å². The van der Waals surface area contributed by atoms with Crippen LogP contribution in [-0.2, 0) is 0 Å². The Labute approximate surface area is 150 Å². The maximum atomic E-state index is 13.6. The lowest BCUT2D eigenvalue weighted by molar-refractivity contribution is -0.384. The third kappa shape index (κ3) is 1.88. The van der Waals surface area contributed by atoms with Crippen LogP contribution in [-0.4, -0.2) is 17.3 Å². The largest absolute Gasteiger partial charge is 0.492 e. The number of benzene rings is 2. The summed E-state index contributed by atoms with van der Waals surface area (Å²) in [6, 6.07) is 14.1. The average Bonchev–Trinajstić information content (AvgIpc) is 3.26. The molecule has 2 bridgehead atoms. The highest BCUT2D eigenvalue weighted by Crippen LogP contribution is 2.63. The topological polar surface area (TPSA) is 69.4 Å². The molecule has 1 fully saturated rings. The Morgan fingerprint density at radius 2 is 1.85 bits per heavy atom. The van der Waals surface area contributed by atoms with Crippen LogP contribution in [0.4, 0.5) is 5.69 Å². The second-order valence-corrected chi connectivity index (χ2v) is 7.37. The van der Waals surface area contributed by atoms with Gasteiger partial charge in [-0.05, 0) is 36.0 Å². The number of hydrogen-bond acceptors (Lipinski definition) is 4. The molecule has 0 saturated heterocycles. The van der Waals surface area contributed by atoms with Crippen molar-refractivity contribution in [3.8, 4) is 5.75 Å². The van der Waals surface area contributed by atoms with Gasteiger partial charge in [-0.3, -0.25) is 14.9 Å². The molecule has 130 valence electrons. The smallest absolute Gasteiger partial charge is 0.269 e. The molecule has 5 nitrogen and oxygen atoms in total. The predicted molar refractivity (Wildman–Crippen MR) is 95.3 cm³/mol. The zero-order valence-electron chi connectivity index (χ0n) is 14.0. The fraction of sp³-hybridized carbons (Fsp3) is 0.286. The molecule has 3 aliphatic rings. The number of carbonyl (C=O) groups excluding carboxylic acids is 1. The quantitative estimate of drug-likeness (QED) is 0.465. The van der Waals surface area contributed by atoms with Crippen LogP contribution in [0.1, 0.15) is 28.3 Å². The van der Waals surface area contributed by atoms with Crippen LogP contribution in [0.5, 0.6) is 5.75 Å². The molecule has 2 aliphatic carbocycles. The number of nitrogens with zero attached hydrogens (tertiary/aromatic N) is 1. The molecule has 0 amide bonds. The van der Waals surface area contributed by atoms with Gasteiger partial charge in [0.15, 0.2) is 5.78 Å². The first kappa shape index (κ1) is 15.3. The summed E-state index contributed by atoms with van der Waals surface area (Å²) >= 11 is 0. The van der Waals surface area contributed by atoms with Gasteiger partial charge >= 0.3 is 0 Å². The van der Waals surface area contributed by atoms with Gasteiger partial charge in [0.25, 0.3) is 5.69 Å². The highest BCUT2D eigenvalue weighted by Gasteiger charge is 2.62. The van der Waals surface area contributed by atoms with E-state index in [1.165, 1.54) is 12.1 Å². The number of ketones is 1. The van der Waals surface area contributed by atoms with Crippen molar-refractivity contribution in [1.29, 1.82) is 0 Å². The molecule has 1 heterocycles. The van der Waals surface area contributed by atoms with E-state index in [0.717, 1.165) is 12.0 Å². The summed E-state index contributed by atoms with van der Waals surface area (Å²) in [6.45, 7) is 0.357. The molecule has 5 rings (SSSR count). The molecule has 4 atom stereocenters.